The quantitative estimate of drug-likeness (QED) is 0.00530. The van der Waals surface area contributed by atoms with Gasteiger partial charge in [0.2, 0.25) is 29.5 Å². The Morgan fingerprint density at radius 3 is 1.32 bits per heavy atom. The van der Waals surface area contributed by atoms with E-state index in [1.807, 2.05) is 37.6 Å². The minimum Gasteiger partial charge on any atom is -0.451 e. The van der Waals surface area contributed by atoms with Gasteiger partial charge in [-0.3, -0.25) is 44.3 Å². The van der Waals surface area contributed by atoms with Gasteiger partial charge in [0.25, 0.3) is 5.96 Å². The van der Waals surface area contributed by atoms with E-state index >= 15 is 0 Å². The number of cyclic esters (lactones) is 1. The van der Waals surface area contributed by atoms with Crippen LogP contribution in [0, 0.1) is 66.3 Å². The molecule has 0 spiro atoms. The lowest BCUT2D eigenvalue weighted by atomic mass is 9.90. The van der Waals surface area contributed by atoms with Gasteiger partial charge < -0.3 is 66.7 Å². The Kier molecular flexibility index (Phi) is 75.3. The lowest BCUT2D eigenvalue weighted by molar-refractivity contribution is -0.485. The van der Waals surface area contributed by atoms with Crippen molar-refractivity contribution in [3.63, 3.8) is 0 Å². The molecule has 32 heteroatoms. The molecular weight excluding hydrogens is 1600 g/mol. The van der Waals surface area contributed by atoms with Crippen LogP contribution in [-0.2, 0) is 33.4 Å². The number of hydroxylamine groups is 4. The number of amides is 11. The van der Waals surface area contributed by atoms with Crippen LogP contribution in [0.3, 0.4) is 0 Å². The van der Waals surface area contributed by atoms with E-state index in [2.05, 4.69) is 230 Å². The lowest BCUT2D eigenvalue weighted by Gasteiger charge is -2.21. The third-order valence-electron chi connectivity index (χ3n) is 18.9. The maximum absolute atomic E-state index is 11.3. The second kappa shape index (κ2) is 73.4. The van der Waals surface area contributed by atoms with Crippen molar-refractivity contribution in [2.24, 2.45) is 66.3 Å². The number of nitro groups is 1. The van der Waals surface area contributed by atoms with Gasteiger partial charge in [-0.05, 0) is 179 Å². The highest BCUT2D eigenvalue weighted by atomic mass is 16.7. The number of methoxy groups -OCH3 is 1. The van der Waals surface area contributed by atoms with Crippen LogP contribution in [0.15, 0.2) is 10.1 Å². The van der Waals surface area contributed by atoms with E-state index < -0.39 is 11.1 Å². The largest absolute Gasteiger partial charge is 0.451 e. The van der Waals surface area contributed by atoms with Gasteiger partial charge >= 0.3 is 24.2 Å². The van der Waals surface area contributed by atoms with Crippen molar-refractivity contribution >= 4 is 65.7 Å². The summed E-state index contributed by atoms with van der Waals surface area (Å²) in [4.78, 5) is 120. The predicted octanol–water partition coefficient (Wildman–Crippen LogP) is 17.7. The Morgan fingerprint density at radius 1 is 0.528 bits per heavy atom. The van der Waals surface area contributed by atoms with Gasteiger partial charge in [0.05, 0.1) is 26.7 Å². The third-order valence-corrected chi connectivity index (χ3v) is 18.9. The molecule has 738 valence electrons. The average Bonchev–Trinajstić information content (AvgIpc) is 1.72. The molecule has 32 nitrogen and oxygen atoms in total. The van der Waals surface area contributed by atoms with Crippen molar-refractivity contribution in [3.05, 3.63) is 10.1 Å². The van der Waals surface area contributed by atoms with Crippen molar-refractivity contribution in [3.8, 4) is 0 Å². The number of nitrogens with zero attached hydrogens (tertiary/aromatic N) is 9. The molecule has 0 unspecified atom stereocenters. The number of carbonyl (C=O) groups excluding carboxylic acids is 9. The molecule has 0 atom stereocenters. The number of likely N-dealkylation sites (tertiary alicyclic amines) is 1. The minimum absolute atomic E-state index is 0.103. The number of hydrogen-bond acceptors (Lipinski definition) is 16. The van der Waals surface area contributed by atoms with Crippen LogP contribution >= 0.6 is 0 Å². The number of aliphatic imine (C=N–C) groups is 1. The molecule has 10 N–H and O–H groups in total. The number of urea groups is 2. The Morgan fingerprint density at radius 2 is 0.952 bits per heavy atom. The summed E-state index contributed by atoms with van der Waals surface area (Å²) in [6, 6.07) is -0.132. The molecule has 4 fully saturated rings. The number of hydrogen-bond donors (Lipinski definition) is 10. The second-order valence-corrected chi connectivity index (χ2v) is 41.0. The molecule has 4 saturated heterocycles. The number of guanidine groups is 2. The normalized spacial score (nSPS) is 14.0. The van der Waals surface area contributed by atoms with Crippen molar-refractivity contribution in [1.82, 2.24) is 72.3 Å². The molecule has 0 bridgehead atoms. The Balaban J connectivity index is -0.000000315. The number of rotatable bonds is 36. The number of unbranched alkanes of at least 4 members (excludes halogenated alkanes) is 1. The number of nitrogens with one attached hydrogen (secondary N) is 8. The Hall–Kier alpha value is -7.51. The van der Waals surface area contributed by atoms with Crippen LogP contribution in [0.4, 0.5) is 19.2 Å². The van der Waals surface area contributed by atoms with Gasteiger partial charge in [-0.25, -0.2) is 34.4 Å². The summed E-state index contributed by atoms with van der Waals surface area (Å²) in [6.07, 6.45) is 23.0. The molecule has 0 aliphatic carbocycles. The van der Waals surface area contributed by atoms with Crippen LogP contribution in [-0.4, -0.2) is 244 Å². The molecule has 0 radical (unpaired) electrons. The number of imide groups is 1. The highest BCUT2D eigenvalue weighted by Crippen LogP contribution is 2.25. The third kappa shape index (κ3) is 91.1. The van der Waals surface area contributed by atoms with Crippen LogP contribution in [0.1, 0.15) is 348 Å². The summed E-state index contributed by atoms with van der Waals surface area (Å²) >= 11 is 0. The predicted molar refractivity (Wildman–Crippen MR) is 511 cm³/mol. The Bertz CT molecular complexity index is 2890. The second-order valence-electron chi connectivity index (χ2n) is 41.0. The molecular formula is C93H191N17O15. The molecule has 0 aromatic carbocycles. The first-order chi connectivity index (χ1) is 57.7. The first-order valence-electron chi connectivity index (χ1n) is 46.6. The van der Waals surface area contributed by atoms with E-state index in [0.717, 1.165) is 198 Å². The molecule has 0 aromatic heterocycles. The monoisotopic (exact) mass is 1790 g/mol. The summed E-state index contributed by atoms with van der Waals surface area (Å²) in [5, 5.41) is 54.7. The fourth-order valence-corrected chi connectivity index (χ4v) is 11.4. The molecule has 4 heterocycles. The lowest BCUT2D eigenvalue weighted by Crippen LogP contribution is -2.36. The van der Waals surface area contributed by atoms with Gasteiger partial charge in [0.1, 0.15) is 11.7 Å². The first kappa shape index (κ1) is 128. The van der Waals surface area contributed by atoms with Crippen molar-refractivity contribution in [1.29, 1.82) is 0 Å². The zero-order valence-electron chi connectivity index (χ0n) is 85.6. The molecule has 0 saturated carbocycles. The van der Waals surface area contributed by atoms with Crippen LogP contribution < -0.4 is 42.5 Å². The summed E-state index contributed by atoms with van der Waals surface area (Å²) in [6.45, 7) is 73.4. The van der Waals surface area contributed by atoms with Gasteiger partial charge in [-0.2, -0.15) is 5.06 Å². The molecule has 11 amide bonds. The Labute approximate surface area is 760 Å². The van der Waals surface area contributed by atoms with E-state index in [9.17, 15) is 53.3 Å². The maximum Gasteiger partial charge on any atom is 0.433 e. The van der Waals surface area contributed by atoms with Gasteiger partial charge in [-0.1, -0.05) is 200 Å². The van der Waals surface area contributed by atoms with Crippen LogP contribution in [0.25, 0.3) is 0 Å². The van der Waals surface area contributed by atoms with Gasteiger partial charge in [0.15, 0.2) is 11.0 Å². The smallest absolute Gasteiger partial charge is 0.433 e. The van der Waals surface area contributed by atoms with E-state index in [1.165, 1.54) is 44.6 Å². The summed E-state index contributed by atoms with van der Waals surface area (Å²) in [7, 11) is 6.49. The van der Waals surface area contributed by atoms with E-state index in [0.29, 0.717) is 83.7 Å². The molecule has 4 aliphatic rings. The van der Waals surface area contributed by atoms with Crippen LogP contribution in [0.5, 0.6) is 0 Å². The van der Waals surface area contributed by atoms with E-state index in [4.69, 9.17) is 15.2 Å². The standard InChI is InChI=1S/C11H21NO.C11H23NO.C10H23N3.C10H21NO.C9H16N2O2.C9H18N2O.C9H19NO3.C9H19NO2.C8H18N4O2.C7H13NO2/c1-11(2,3)7-5-9-12-8-4-6-10(12)13;1-9(2)10(13)12-8-6-7-11(3,4)5;1-10(2,3)7-6-8-13-9(11-4)12-5;1-5-9(12)11-8-6-7-10(2,3)4;1-7(2)4-3-5-11-8(12)6-10-9(11)13;1-8(2)4-3-6-11-7-5-10-9(11)12;1-9(2,3)6-5-7-10(12)8(11)13-4;1-8(11)10(12)7-5-6-9(2,3)4;1-7(2)5-4-6-10-8(9-3)11-12(13)14;1-2-3-4-8-5-6-10-7(8)9/h4-9H2,1-3H3;9H,6-8H2,1-5H3,(H,12,13);6-8H2,1-5H3,(H2,11,12,13);5-8H2,1-4H3,(H,11,12);7H,3-6H2,1-2H3,(H,10,13);8H,3-7H2,1-2H3,(H,10,12);12H,5-7H2,1-4H3;12H,5-7H2,1-4H3;7H,4-6H2,1-3H3,(H2,9,10,11);2-6H2,1H3. The minimum atomic E-state index is -0.721. The number of carbonyl (C=O) groups is 9. The molecule has 125 heavy (non-hydrogen) atoms. The number of hydrazone groups is 1. The van der Waals surface area contributed by atoms with Crippen molar-refractivity contribution < 1.29 is 68.1 Å². The summed E-state index contributed by atoms with van der Waals surface area (Å²) < 4.78 is 9.08. The summed E-state index contributed by atoms with van der Waals surface area (Å²) in [5.74, 6) is 3.49. The van der Waals surface area contributed by atoms with Gasteiger partial charge in [0, 0.05) is 125 Å². The zero-order chi connectivity index (χ0) is 97.8. The topological polar surface area (TPSA) is 396 Å². The fraction of sp³-hybridized carbons (Fsp3) is 0.882. The van der Waals surface area contributed by atoms with Crippen molar-refractivity contribution in [2.75, 3.05) is 133 Å². The van der Waals surface area contributed by atoms with Crippen LogP contribution in [0.2, 0.25) is 0 Å². The highest BCUT2D eigenvalue weighted by molar-refractivity contribution is 6.01. The molecule has 4 rings (SSSR count). The molecule has 0 aromatic rings. The zero-order valence-corrected chi connectivity index (χ0v) is 85.6. The fourth-order valence-electron chi connectivity index (χ4n) is 11.4. The number of ether oxygens (including phenoxy) is 2. The maximum atomic E-state index is 11.3. The van der Waals surface area contributed by atoms with E-state index in [-0.39, 0.29) is 71.0 Å². The summed E-state index contributed by atoms with van der Waals surface area (Å²) in [5.41, 5.74) is 2.11. The average molecular weight is 1790 g/mol. The first-order valence-corrected chi connectivity index (χ1v) is 46.6. The SMILES string of the molecule is CC(=O)N(O)CCCC(C)(C)C.CC(C)(C)CCCN1CCCC1=O.CC(C)C(=O)NCCCC(C)(C)C.CC(C)CCCN1C(=O)CNC1=O.CC(C)CCCN1CCNC1=O.CCC(=O)NCCCC(C)(C)C.CCCCN1CCOC1=O.CN/C(=N\[N+](=O)[O-])NCCCC(C)C.CN=C(NC)NCCCC(C)(C)C.COC(=O)N(O)CCCC(C)(C)C. The highest BCUT2D eigenvalue weighted by Gasteiger charge is 2.28. The van der Waals surface area contributed by atoms with E-state index in [1.54, 1.807) is 19.0 Å². The van der Waals surface area contributed by atoms with Gasteiger partial charge in [-0.15, -0.1) is 0 Å². The molecule has 4 aliphatic heterocycles. The van der Waals surface area contributed by atoms with Crippen molar-refractivity contribution in [2.45, 2.75) is 348 Å².